The van der Waals surface area contributed by atoms with Crippen LogP contribution in [-0.2, 0) is 9.47 Å². The molecule has 1 saturated heterocycles. The van der Waals surface area contributed by atoms with Crippen molar-refractivity contribution in [1.29, 1.82) is 0 Å². The number of ether oxygens (including phenoxy) is 2. The molecule has 0 aliphatic carbocycles. The number of hydrogen-bond acceptors (Lipinski definition) is 2. The van der Waals surface area contributed by atoms with Crippen molar-refractivity contribution in [2.45, 2.75) is 12.5 Å². The highest BCUT2D eigenvalue weighted by Gasteiger charge is 2.43. The molecule has 2 aromatic carbocycles. The minimum absolute atomic E-state index is 0.332. The number of benzene rings is 2. The molecule has 2 aromatic rings. The van der Waals surface area contributed by atoms with Gasteiger partial charge in [0.25, 0.3) is 0 Å². The summed E-state index contributed by atoms with van der Waals surface area (Å²) in [5.74, 6) is 0.914. The van der Waals surface area contributed by atoms with E-state index in [0.29, 0.717) is 6.61 Å². The highest BCUT2D eigenvalue weighted by Crippen LogP contribution is 2.40. The molecule has 2 heteroatoms. The zero-order valence-corrected chi connectivity index (χ0v) is 11.8. The van der Waals surface area contributed by atoms with E-state index < -0.39 is 0 Å². The van der Waals surface area contributed by atoms with Gasteiger partial charge >= 0.3 is 0 Å². The van der Waals surface area contributed by atoms with Crippen molar-refractivity contribution in [3.05, 3.63) is 77.5 Å². The van der Waals surface area contributed by atoms with E-state index in [9.17, 15) is 0 Å². The molecule has 20 heavy (non-hydrogen) atoms. The summed E-state index contributed by atoms with van der Waals surface area (Å²) >= 11 is 0. The molecule has 3 rings (SSSR count). The molecular weight excluding hydrogens is 248 g/mol. The topological polar surface area (TPSA) is 18.5 Å². The average Bonchev–Trinajstić information content (AvgIpc) is 2.52. The van der Waals surface area contributed by atoms with Gasteiger partial charge in [-0.2, -0.15) is 0 Å². The second kappa shape index (κ2) is 5.14. The van der Waals surface area contributed by atoms with E-state index in [1.165, 1.54) is 0 Å². The van der Waals surface area contributed by atoms with E-state index in [-0.39, 0.29) is 5.60 Å². The van der Waals surface area contributed by atoms with Crippen molar-refractivity contribution in [3.63, 3.8) is 0 Å². The molecule has 0 aromatic heterocycles. The standard InChI is InChI=1S/C18H18O2/c1-18(19-2)13-20-17(18)16(14-9-5-3-6-10-14)15-11-7-4-8-12-15/h3-12H,13H2,1-2H3. The Morgan fingerprint density at radius 2 is 1.45 bits per heavy atom. The normalized spacial score (nSPS) is 21.0. The molecule has 1 fully saturated rings. The highest BCUT2D eigenvalue weighted by atomic mass is 16.6. The van der Waals surface area contributed by atoms with Crippen LogP contribution >= 0.6 is 0 Å². The van der Waals surface area contributed by atoms with Crippen LogP contribution in [0.1, 0.15) is 18.1 Å². The quantitative estimate of drug-likeness (QED) is 0.839. The van der Waals surface area contributed by atoms with E-state index in [1.54, 1.807) is 7.11 Å². The molecule has 1 aliphatic rings. The second-order valence-electron chi connectivity index (χ2n) is 5.16. The lowest BCUT2D eigenvalue weighted by atomic mass is 9.88. The fraction of sp³-hybridized carbons (Fsp3) is 0.222. The summed E-state index contributed by atoms with van der Waals surface area (Å²) in [4.78, 5) is 0. The Hall–Kier alpha value is -2.06. The summed E-state index contributed by atoms with van der Waals surface area (Å²) < 4.78 is 11.4. The monoisotopic (exact) mass is 266 g/mol. The van der Waals surface area contributed by atoms with Gasteiger partial charge < -0.3 is 9.47 Å². The van der Waals surface area contributed by atoms with Crippen LogP contribution in [-0.4, -0.2) is 19.3 Å². The van der Waals surface area contributed by atoms with Crippen LogP contribution in [0.15, 0.2) is 66.4 Å². The van der Waals surface area contributed by atoms with Gasteiger partial charge in [-0.1, -0.05) is 60.7 Å². The van der Waals surface area contributed by atoms with Gasteiger partial charge in [0.1, 0.15) is 12.4 Å². The zero-order valence-electron chi connectivity index (χ0n) is 11.8. The van der Waals surface area contributed by atoms with Crippen molar-refractivity contribution < 1.29 is 9.47 Å². The van der Waals surface area contributed by atoms with E-state index in [1.807, 2.05) is 36.4 Å². The maximum Gasteiger partial charge on any atom is 0.156 e. The lowest BCUT2D eigenvalue weighted by molar-refractivity contribution is -0.126. The molecule has 2 nitrogen and oxygen atoms in total. The van der Waals surface area contributed by atoms with Gasteiger partial charge in [-0.3, -0.25) is 0 Å². The van der Waals surface area contributed by atoms with Crippen LogP contribution in [0, 0.1) is 0 Å². The first kappa shape index (κ1) is 12.9. The Bertz CT molecular complexity index is 571. The molecule has 0 bridgehead atoms. The molecular formula is C18H18O2. The Kier molecular flexibility index (Phi) is 3.33. The van der Waals surface area contributed by atoms with Crippen molar-refractivity contribution in [3.8, 4) is 0 Å². The van der Waals surface area contributed by atoms with Gasteiger partial charge in [0.15, 0.2) is 5.60 Å². The molecule has 0 N–H and O–H groups in total. The van der Waals surface area contributed by atoms with E-state index in [4.69, 9.17) is 9.47 Å². The SMILES string of the molecule is COC1(C)COC1=C(c1ccccc1)c1ccccc1. The lowest BCUT2D eigenvalue weighted by Crippen LogP contribution is -2.46. The summed E-state index contributed by atoms with van der Waals surface area (Å²) in [5.41, 5.74) is 3.08. The maximum absolute atomic E-state index is 5.76. The van der Waals surface area contributed by atoms with Gasteiger partial charge in [-0.25, -0.2) is 0 Å². The predicted octanol–water partition coefficient (Wildman–Crippen LogP) is 3.88. The van der Waals surface area contributed by atoms with Gasteiger partial charge in [-0.15, -0.1) is 0 Å². The van der Waals surface area contributed by atoms with Gasteiger partial charge in [-0.05, 0) is 18.1 Å². The van der Waals surface area contributed by atoms with Crippen molar-refractivity contribution in [1.82, 2.24) is 0 Å². The minimum Gasteiger partial charge on any atom is -0.491 e. The van der Waals surface area contributed by atoms with Crippen LogP contribution in [0.2, 0.25) is 0 Å². The summed E-state index contributed by atoms with van der Waals surface area (Å²) in [6.45, 7) is 2.67. The van der Waals surface area contributed by atoms with Crippen LogP contribution < -0.4 is 0 Å². The third kappa shape index (κ3) is 2.12. The van der Waals surface area contributed by atoms with Crippen molar-refractivity contribution in [2.24, 2.45) is 0 Å². The lowest BCUT2D eigenvalue weighted by Gasteiger charge is -2.41. The van der Waals surface area contributed by atoms with E-state index in [0.717, 1.165) is 22.5 Å². The minimum atomic E-state index is -0.332. The Balaban J connectivity index is 2.18. The smallest absolute Gasteiger partial charge is 0.156 e. The molecule has 1 atom stereocenters. The first-order chi connectivity index (χ1) is 9.74. The zero-order chi connectivity index (χ0) is 14.0. The molecule has 102 valence electrons. The molecule has 1 heterocycles. The Morgan fingerprint density at radius 1 is 0.950 bits per heavy atom. The molecule has 0 saturated carbocycles. The predicted molar refractivity (Wildman–Crippen MR) is 80.3 cm³/mol. The maximum atomic E-state index is 5.76. The van der Waals surface area contributed by atoms with Gasteiger partial charge in [0.05, 0.1) is 0 Å². The van der Waals surface area contributed by atoms with Crippen molar-refractivity contribution >= 4 is 5.57 Å². The molecule has 0 amide bonds. The summed E-state index contributed by atoms with van der Waals surface area (Å²) in [6, 6.07) is 20.6. The molecule has 0 spiro atoms. The Morgan fingerprint density at radius 3 is 1.80 bits per heavy atom. The van der Waals surface area contributed by atoms with Crippen molar-refractivity contribution in [2.75, 3.05) is 13.7 Å². The van der Waals surface area contributed by atoms with Crippen LogP contribution in [0.5, 0.6) is 0 Å². The average molecular weight is 266 g/mol. The molecule has 1 unspecified atom stereocenters. The van der Waals surface area contributed by atoms with Crippen LogP contribution in [0.3, 0.4) is 0 Å². The number of methoxy groups -OCH3 is 1. The van der Waals surface area contributed by atoms with Gasteiger partial charge in [0, 0.05) is 12.7 Å². The van der Waals surface area contributed by atoms with Crippen LogP contribution in [0.25, 0.3) is 5.57 Å². The largest absolute Gasteiger partial charge is 0.491 e. The Labute approximate surface area is 119 Å². The second-order valence-corrected chi connectivity index (χ2v) is 5.16. The molecule has 0 radical (unpaired) electrons. The number of rotatable bonds is 3. The number of hydrogen-bond donors (Lipinski definition) is 0. The fourth-order valence-electron chi connectivity index (χ4n) is 2.47. The summed E-state index contributed by atoms with van der Waals surface area (Å²) in [7, 11) is 1.73. The summed E-state index contributed by atoms with van der Waals surface area (Å²) in [5, 5.41) is 0. The summed E-state index contributed by atoms with van der Waals surface area (Å²) in [6.07, 6.45) is 0. The van der Waals surface area contributed by atoms with E-state index >= 15 is 0 Å². The first-order valence-corrected chi connectivity index (χ1v) is 6.78. The highest BCUT2D eigenvalue weighted by molar-refractivity contribution is 5.82. The third-order valence-electron chi connectivity index (χ3n) is 3.77. The fourth-order valence-corrected chi connectivity index (χ4v) is 2.47. The van der Waals surface area contributed by atoms with Gasteiger partial charge in [0.2, 0.25) is 0 Å². The third-order valence-corrected chi connectivity index (χ3v) is 3.77. The molecule has 1 aliphatic heterocycles. The first-order valence-electron chi connectivity index (χ1n) is 6.78. The van der Waals surface area contributed by atoms with Crippen LogP contribution in [0.4, 0.5) is 0 Å². The van der Waals surface area contributed by atoms with E-state index in [2.05, 4.69) is 31.2 Å².